The van der Waals surface area contributed by atoms with Crippen LogP contribution in [0.15, 0.2) is 24.5 Å². The monoisotopic (exact) mass is 410 g/mol. The van der Waals surface area contributed by atoms with Gasteiger partial charge in [0.05, 0.1) is 6.61 Å². The summed E-state index contributed by atoms with van der Waals surface area (Å²) in [5, 5.41) is 0. The van der Waals surface area contributed by atoms with Gasteiger partial charge >= 0.3 is 6.01 Å². The van der Waals surface area contributed by atoms with Gasteiger partial charge in [-0.3, -0.25) is 4.90 Å². The van der Waals surface area contributed by atoms with Crippen molar-refractivity contribution in [3.05, 3.63) is 36.0 Å². The maximum Gasteiger partial charge on any atom is 0.316 e. The fourth-order valence-electron chi connectivity index (χ4n) is 3.77. The maximum atomic E-state index is 5.71. The molecule has 1 aliphatic carbocycles. The molecule has 3 heterocycles. The van der Waals surface area contributed by atoms with Gasteiger partial charge in [0.2, 0.25) is 0 Å². The minimum absolute atomic E-state index is 0.0284. The van der Waals surface area contributed by atoms with E-state index in [9.17, 15) is 0 Å². The number of aromatic nitrogens is 4. The molecule has 162 valence electrons. The van der Waals surface area contributed by atoms with E-state index in [4.69, 9.17) is 14.7 Å². The standard InChI is InChI=1S/C23H34N6O/c1-17(16-30-22-24-8-5-9-25-22)15-28-10-12-29(13-11-28)20-14-19(18-6-7-18)26-21(27-20)23(2,3)4/h5,8-9,14,17-18H,6-7,10-13,15-16H2,1-4H3/t17-/m0/s1. The van der Waals surface area contributed by atoms with E-state index in [-0.39, 0.29) is 5.41 Å². The predicted molar refractivity (Wildman–Crippen MR) is 118 cm³/mol. The highest BCUT2D eigenvalue weighted by molar-refractivity contribution is 5.42. The van der Waals surface area contributed by atoms with Crippen molar-refractivity contribution in [2.45, 2.75) is 51.9 Å². The normalized spacial score (nSPS) is 19.0. The topological polar surface area (TPSA) is 67.3 Å². The fourth-order valence-corrected chi connectivity index (χ4v) is 3.77. The SMILES string of the molecule is C[C@H](COc1ncccn1)CN1CCN(c2cc(C3CC3)nc(C(C)(C)C)n2)CC1. The second-order valence-corrected chi connectivity index (χ2v) is 9.73. The van der Waals surface area contributed by atoms with Gasteiger partial charge in [-0.05, 0) is 18.9 Å². The summed E-state index contributed by atoms with van der Waals surface area (Å²) >= 11 is 0. The molecule has 1 saturated carbocycles. The van der Waals surface area contributed by atoms with Crippen molar-refractivity contribution >= 4 is 5.82 Å². The zero-order valence-electron chi connectivity index (χ0n) is 18.7. The van der Waals surface area contributed by atoms with E-state index in [0.717, 1.165) is 44.4 Å². The molecule has 0 spiro atoms. The molecule has 2 aromatic heterocycles. The predicted octanol–water partition coefficient (Wildman–Crippen LogP) is 3.28. The number of anilines is 1. The van der Waals surface area contributed by atoms with Crippen LogP contribution in [0.4, 0.5) is 5.82 Å². The van der Waals surface area contributed by atoms with Gasteiger partial charge in [0.1, 0.15) is 11.6 Å². The van der Waals surface area contributed by atoms with Crippen LogP contribution in [0.2, 0.25) is 0 Å². The molecule has 0 N–H and O–H groups in total. The third-order valence-corrected chi connectivity index (χ3v) is 5.70. The van der Waals surface area contributed by atoms with Gasteiger partial charge in [0.15, 0.2) is 0 Å². The van der Waals surface area contributed by atoms with Crippen molar-refractivity contribution in [2.75, 3.05) is 44.2 Å². The van der Waals surface area contributed by atoms with Crippen molar-refractivity contribution in [3.8, 4) is 6.01 Å². The van der Waals surface area contributed by atoms with Crippen LogP contribution < -0.4 is 9.64 Å². The summed E-state index contributed by atoms with van der Waals surface area (Å²) < 4.78 is 5.71. The zero-order chi connectivity index (χ0) is 21.1. The quantitative estimate of drug-likeness (QED) is 0.694. The molecule has 0 unspecified atom stereocenters. The molecule has 30 heavy (non-hydrogen) atoms. The summed E-state index contributed by atoms with van der Waals surface area (Å²) in [6.45, 7) is 14.6. The first-order valence-electron chi connectivity index (χ1n) is 11.1. The van der Waals surface area contributed by atoms with Crippen LogP contribution in [0.1, 0.15) is 58.0 Å². The van der Waals surface area contributed by atoms with E-state index in [1.165, 1.54) is 18.5 Å². The Morgan fingerprint density at radius 3 is 2.40 bits per heavy atom. The van der Waals surface area contributed by atoms with E-state index >= 15 is 0 Å². The third kappa shape index (κ3) is 5.45. The van der Waals surface area contributed by atoms with Crippen molar-refractivity contribution in [1.82, 2.24) is 24.8 Å². The fraction of sp³-hybridized carbons (Fsp3) is 0.652. The summed E-state index contributed by atoms with van der Waals surface area (Å²) in [6.07, 6.45) is 5.95. The van der Waals surface area contributed by atoms with Gasteiger partial charge in [-0.15, -0.1) is 0 Å². The molecule has 0 bridgehead atoms. The molecule has 7 heteroatoms. The van der Waals surface area contributed by atoms with Gasteiger partial charge in [-0.2, -0.15) is 0 Å². The molecule has 1 aliphatic heterocycles. The molecule has 0 aromatic carbocycles. The zero-order valence-corrected chi connectivity index (χ0v) is 18.7. The third-order valence-electron chi connectivity index (χ3n) is 5.70. The van der Waals surface area contributed by atoms with Crippen molar-refractivity contribution in [1.29, 1.82) is 0 Å². The van der Waals surface area contributed by atoms with Crippen LogP contribution in [0.5, 0.6) is 6.01 Å². The molecule has 1 atom stereocenters. The summed E-state index contributed by atoms with van der Waals surface area (Å²) in [4.78, 5) is 23.0. The van der Waals surface area contributed by atoms with Gasteiger partial charge in [0, 0.05) is 74.1 Å². The Labute approximate surface area is 179 Å². The second kappa shape index (κ2) is 8.84. The summed E-state index contributed by atoms with van der Waals surface area (Å²) in [5.74, 6) is 3.14. The minimum atomic E-state index is -0.0284. The largest absolute Gasteiger partial charge is 0.463 e. The number of hydrogen-bond donors (Lipinski definition) is 0. The van der Waals surface area contributed by atoms with E-state index in [0.29, 0.717) is 24.5 Å². The second-order valence-electron chi connectivity index (χ2n) is 9.73. The Balaban J connectivity index is 1.31. The van der Waals surface area contributed by atoms with Crippen LogP contribution in [0, 0.1) is 5.92 Å². The van der Waals surface area contributed by atoms with Gasteiger partial charge in [-0.25, -0.2) is 19.9 Å². The van der Waals surface area contributed by atoms with E-state index in [1.54, 1.807) is 18.5 Å². The molecule has 2 aliphatic rings. The van der Waals surface area contributed by atoms with Crippen LogP contribution in [-0.4, -0.2) is 64.2 Å². The molecule has 0 radical (unpaired) electrons. The first-order chi connectivity index (χ1) is 14.4. The highest BCUT2D eigenvalue weighted by Crippen LogP contribution is 2.40. The lowest BCUT2D eigenvalue weighted by atomic mass is 9.95. The van der Waals surface area contributed by atoms with Crippen molar-refractivity contribution < 1.29 is 4.74 Å². The lowest BCUT2D eigenvalue weighted by molar-refractivity contribution is 0.172. The Kier molecular flexibility index (Phi) is 6.18. The van der Waals surface area contributed by atoms with E-state index < -0.39 is 0 Å². The summed E-state index contributed by atoms with van der Waals surface area (Å²) in [5.41, 5.74) is 1.21. The Morgan fingerprint density at radius 1 is 1.07 bits per heavy atom. The van der Waals surface area contributed by atoms with Crippen LogP contribution in [0.25, 0.3) is 0 Å². The molecule has 0 amide bonds. The van der Waals surface area contributed by atoms with Crippen molar-refractivity contribution in [3.63, 3.8) is 0 Å². The maximum absolute atomic E-state index is 5.71. The summed E-state index contributed by atoms with van der Waals surface area (Å²) in [6, 6.07) is 4.49. The number of rotatable bonds is 7. The lowest BCUT2D eigenvalue weighted by Crippen LogP contribution is -2.48. The highest BCUT2D eigenvalue weighted by atomic mass is 16.5. The molecule has 2 fully saturated rings. The van der Waals surface area contributed by atoms with E-state index in [2.05, 4.69) is 53.5 Å². The number of nitrogens with zero attached hydrogens (tertiary/aromatic N) is 6. The van der Waals surface area contributed by atoms with E-state index in [1.807, 2.05) is 0 Å². The number of ether oxygens (including phenoxy) is 1. The first-order valence-corrected chi connectivity index (χ1v) is 11.1. The van der Waals surface area contributed by atoms with Gasteiger partial charge < -0.3 is 9.64 Å². The van der Waals surface area contributed by atoms with Gasteiger partial charge in [-0.1, -0.05) is 27.7 Å². The van der Waals surface area contributed by atoms with Crippen LogP contribution in [0.3, 0.4) is 0 Å². The number of hydrogen-bond acceptors (Lipinski definition) is 7. The Morgan fingerprint density at radius 2 is 1.77 bits per heavy atom. The van der Waals surface area contributed by atoms with Gasteiger partial charge in [0.25, 0.3) is 0 Å². The molecule has 2 aromatic rings. The number of piperazine rings is 1. The Hall–Kier alpha value is -2.28. The molecule has 4 rings (SSSR count). The first kappa shape index (κ1) is 21.0. The van der Waals surface area contributed by atoms with Crippen molar-refractivity contribution in [2.24, 2.45) is 5.92 Å². The average molecular weight is 411 g/mol. The molecule has 7 nitrogen and oxygen atoms in total. The van der Waals surface area contributed by atoms with Crippen LogP contribution in [-0.2, 0) is 5.41 Å². The lowest BCUT2D eigenvalue weighted by Gasteiger charge is -2.37. The smallest absolute Gasteiger partial charge is 0.316 e. The molecular formula is C23H34N6O. The molecular weight excluding hydrogens is 376 g/mol. The minimum Gasteiger partial charge on any atom is -0.463 e. The average Bonchev–Trinajstić information content (AvgIpc) is 3.58. The molecule has 1 saturated heterocycles. The summed E-state index contributed by atoms with van der Waals surface area (Å²) in [7, 11) is 0. The Bertz CT molecular complexity index is 825. The highest BCUT2D eigenvalue weighted by Gasteiger charge is 2.30. The van der Waals surface area contributed by atoms with Crippen LogP contribution >= 0.6 is 0 Å².